The average molecular weight is 293 g/mol. The van der Waals surface area contributed by atoms with Crippen LogP contribution < -0.4 is 25.2 Å². The summed E-state index contributed by atoms with van der Waals surface area (Å²) in [6.45, 7) is 0. The molecule has 2 aliphatic heterocycles. The molecule has 0 amide bonds. The Morgan fingerprint density at radius 2 is 1.73 bits per heavy atom. The van der Waals surface area contributed by atoms with Crippen molar-refractivity contribution in [2.45, 2.75) is 0 Å². The molecule has 0 unspecified atom stereocenters. The molecule has 0 saturated carbocycles. The highest BCUT2D eigenvalue weighted by atomic mass is 16.5. The van der Waals surface area contributed by atoms with Gasteiger partial charge in [-0.2, -0.15) is 0 Å². The summed E-state index contributed by atoms with van der Waals surface area (Å²) < 4.78 is 10.4. The van der Waals surface area contributed by atoms with Crippen molar-refractivity contribution in [2.75, 3.05) is 12.4 Å². The number of esters is 2. The van der Waals surface area contributed by atoms with Crippen LogP contribution in [0.3, 0.4) is 0 Å². The van der Waals surface area contributed by atoms with Gasteiger partial charge in [-0.05, 0) is 29.8 Å². The van der Waals surface area contributed by atoms with Crippen LogP contribution in [0.4, 0.5) is 5.69 Å². The van der Waals surface area contributed by atoms with Gasteiger partial charge in [-0.15, -0.1) is 0 Å². The van der Waals surface area contributed by atoms with Gasteiger partial charge in [-0.3, -0.25) is 0 Å². The Bertz CT molecular complexity index is 942. The fourth-order valence-electron chi connectivity index (χ4n) is 2.66. The Labute approximate surface area is 125 Å². The molecule has 0 radical (unpaired) electrons. The summed E-state index contributed by atoms with van der Waals surface area (Å²) in [6, 6.07) is 10.8. The first-order valence-electron chi connectivity index (χ1n) is 6.78. The van der Waals surface area contributed by atoms with E-state index in [9.17, 15) is 9.59 Å². The first-order valence-corrected chi connectivity index (χ1v) is 6.78. The van der Waals surface area contributed by atoms with Crippen LogP contribution in [0.15, 0.2) is 36.4 Å². The molecule has 0 bridgehead atoms. The molecule has 4 rings (SSSR count). The topological polar surface area (TPSA) is 64.6 Å². The fraction of sp³-hybridized carbons (Fsp3) is 0.0588. The molecule has 22 heavy (non-hydrogen) atoms. The van der Waals surface area contributed by atoms with E-state index in [-0.39, 0.29) is 0 Å². The molecule has 0 spiro atoms. The van der Waals surface area contributed by atoms with E-state index in [1.54, 1.807) is 12.1 Å². The minimum Gasteiger partial charge on any atom is -0.423 e. The smallest absolute Gasteiger partial charge is 0.344 e. The second kappa shape index (κ2) is 4.46. The van der Waals surface area contributed by atoms with E-state index < -0.39 is 11.9 Å². The maximum atomic E-state index is 12.2. The van der Waals surface area contributed by atoms with E-state index in [0.29, 0.717) is 27.5 Å². The van der Waals surface area contributed by atoms with E-state index in [2.05, 4.69) is 5.32 Å². The van der Waals surface area contributed by atoms with Crippen molar-refractivity contribution in [3.63, 3.8) is 0 Å². The molecule has 0 aliphatic carbocycles. The Hall–Kier alpha value is -3.08. The summed E-state index contributed by atoms with van der Waals surface area (Å²) >= 11 is 0. The highest BCUT2D eigenvalue weighted by Gasteiger charge is 2.26. The zero-order valence-corrected chi connectivity index (χ0v) is 11.7. The number of anilines is 1. The number of hydrogen-bond donors (Lipinski definition) is 1. The molecule has 2 aromatic rings. The number of hydrogen-bond acceptors (Lipinski definition) is 5. The number of carbonyl (C=O) groups excluding carboxylic acids is 2. The molecule has 2 heterocycles. The monoisotopic (exact) mass is 293 g/mol. The normalized spacial score (nSPS) is 14.9. The van der Waals surface area contributed by atoms with Gasteiger partial charge >= 0.3 is 11.9 Å². The maximum Gasteiger partial charge on any atom is 0.344 e. The predicted molar refractivity (Wildman–Crippen MR) is 79.9 cm³/mol. The quantitative estimate of drug-likeness (QED) is 0.647. The number of ether oxygens (including phenoxy) is 2. The van der Waals surface area contributed by atoms with Gasteiger partial charge in [0.05, 0.1) is 5.57 Å². The first-order chi connectivity index (χ1) is 10.7. The number of carbonyl (C=O) groups is 2. The molecule has 2 aromatic carbocycles. The molecule has 5 heteroatoms. The Morgan fingerprint density at radius 3 is 2.45 bits per heavy atom. The lowest BCUT2D eigenvalue weighted by atomic mass is 10.0. The van der Waals surface area contributed by atoms with Gasteiger partial charge in [0.25, 0.3) is 0 Å². The predicted octanol–water partition coefficient (Wildman–Crippen LogP) is 0.546. The summed E-state index contributed by atoms with van der Waals surface area (Å²) in [5.41, 5.74) is 2.19. The van der Waals surface area contributed by atoms with Crippen LogP contribution in [0, 0.1) is 0 Å². The average Bonchev–Trinajstić information content (AvgIpc) is 3.02. The van der Waals surface area contributed by atoms with Crippen LogP contribution in [-0.2, 0) is 9.59 Å². The lowest BCUT2D eigenvalue weighted by Gasteiger charge is -2.03. The van der Waals surface area contributed by atoms with Crippen LogP contribution in [0.2, 0.25) is 0 Å². The molecule has 2 aliphatic rings. The highest BCUT2D eigenvalue weighted by molar-refractivity contribution is 6.19. The van der Waals surface area contributed by atoms with Crippen LogP contribution >= 0.6 is 0 Å². The minimum absolute atomic E-state index is 0.401. The highest BCUT2D eigenvalue weighted by Crippen LogP contribution is 2.24. The maximum absolute atomic E-state index is 12.2. The van der Waals surface area contributed by atoms with Crippen molar-refractivity contribution in [2.24, 2.45) is 0 Å². The van der Waals surface area contributed by atoms with E-state index in [1.165, 1.54) is 6.08 Å². The molecule has 0 atom stereocenters. The minimum atomic E-state index is -0.412. The largest absolute Gasteiger partial charge is 0.423 e. The van der Waals surface area contributed by atoms with E-state index >= 15 is 0 Å². The lowest BCUT2D eigenvalue weighted by molar-refractivity contribution is -0.128. The summed E-state index contributed by atoms with van der Waals surface area (Å²) in [6.07, 6.45) is 1.38. The van der Waals surface area contributed by atoms with Crippen LogP contribution in [0.25, 0.3) is 11.6 Å². The molecule has 0 saturated heterocycles. The second-order valence-corrected chi connectivity index (χ2v) is 5.04. The van der Waals surface area contributed by atoms with Gasteiger partial charge in [0, 0.05) is 29.2 Å². The summed E-state index contributed by atoms with van der Waals surface area (Å²) in [5.74, 6) is 0.0875. The molecular formula is C17H11NO4. The summed E-state index contributed by atoms with van der Waals surface area (Å²) in [5, 5.41) is 4.30. The number of rotatable bonds is 2. The molecule has 1 N–H and O–H groups in total. The van der Waals surface area contributed by atoms with Crippen molar-refractivity contribution in [1.82, 2.24) is 0 Å². The van der Waals surface area contributed by atoms with E-state index in [4.69, 9.17) is 9.47 Å². The lowest BCUT2D eigenvalue weighted by Crippen LogP contribution is -2.10. The third-order valence-corrected chi connectivity index (χ3v) is 3.73. The van der Waals surface area contributed by atoms with Crippen LogP contribution in [0.1, 0.15) is 5.56 Å². The van der Waals surface area contributed by atoms with E-state index in [1.807, 2.05) is 31.3 Å². The molecule has 0 fully saturated rings. The van der Waals surface area contributed by atoms with Gasteiger partial charge in [0.1, 0.15) is 11.5 Å². The zero-order chi connectivity index (χ0) is 15.3. The summed E-state index contributed by atoms with van der Waals surface area (Å²) in [4.78, 5) is 23.5. The van der Waals surface area contributed by atoms with Gasteiger partial charge < -0.3 is 14.8 Å². The Morgan fingerprint density at radius 1 is 0.955 bits per heavy atom. The van der Waals surface area contributed by atoms with E-state index in [0.717, 1.165) is 11.3 Å². The van der Waals surface area contributed by atoms with Gasteiger partial charge in [0.15, 0.2) is 0 Å². The van der Waals surface area contributed by atoms with Crippen LogP contribution in [-0.4, -0.2) is 19.0 Å². The Kier molecular flexibility index (Phi) is 2.56. The summed E-state index contributed by atoms with van der Waals surface area (Å²) in [7, 11) is 1.83. The van der Waals surface area contributed by atoms with Gasteiger partial charge in [-0.25, -0.2) is 9.59 Å². The zero-order valence-electron chi connectivity index (χ0n) is 11.7. The fourth-order valence-corrected chi connectivity index (χ4v) is 2.66. The van der Waals surface area contributed by atoms with Crippen molar-refractivity contribution in [3.05, 3.63) is 52.4 Å². The first kappa shape index (κ1) is 12.6. The van der Waals surface area contributed by atoms with Crippen molar-refractivity contribution in [3.8, 4) is 11.5 Å². The third kappa shape index (κ3) is 1.79. The molecular weight excluding hydrogens is 282 g/mol. The van der Waals surface area contributed by atoms with Crippen molar-refractivity contribution < 1.29 is 19.1 Å². The number of nitrogens with one attached hydrogen (secondary N) is 1. The van der Waals surface area contributed by atoms with Gasteiger partial charge in [0.2, 0.25) is 0 Å². The van der Waals surface area contributed by atoms with Gasteiger partial charge in [-0.1, -0.05) is 12.1 Å². The standard InChI is InChI=1S/C17H11NO4/c1-18-11-4-2-9(3-5-11)16-12-8-13-10(7-15(19)21-13)6-14(12)22-17(16)20/h2-8,18H,1H3. The number of benzene rings is 2. The molecule has 0 aromatic heterocycles. The van der Waals surface area contributed by atoms with Crippen molar-refractivity contribution in [1.29, 1.82) is 0 Å². The molecule has 5 nitrogen and oxygen atoms in total. The SMILES string of the molecule is CNc1ccc(C2=c3cc4c(cc3OC2=O)=CC(=O)O4)cc1. The Balaban J connectivity index is 1.94. The van der Waals surface area contributed by atoms with Crippen LogP contribution in [0.5, 0.6) is 11.5 Å². The second-order valence-electron chi connectivity index (χ2n) is 5.04. The number of fused-ring (bicyclic) bond motifs is 2. The third-order valence-electron chi connectivity index (χ3n) is 3.73. The molecule has 108 valence electrons. The van der Waals surface area contributed by atoms with Crippen molar-refractivity contribution >= 4 is 29.3 Å².